The molecule has 1 aromatic carbocycles. The summed E-state index contributed by atoms with van der Waals surface area (Å²) in [5.41, 5.74) is 0.444. The largest absolute Gasteiger partial charge is 0.444 e. The van der Waals surface area contributed by atoms with Crippen LogP contribution in [0.5, 0.6) is 0 Å². The molecule has 1 aromatic heterocycles. The number of rotatable bonds is 6. The Bertz CT molecular complexity index is 764. The van der Waals surface area contributed by atoms with Crippen molar-refractivity contribution in [1.82, 2.24) is 15.0 Å². The average molecular weight is 391 g/mol. The maximum Gasteiger partial charge on any atom is 0.410 e. The summed E-state index contributed by atoms with van der Waals surface area (Å²) in [5.74, 6) is 1.31. The summed E-state index contributed by atoms with van der Waals surface area (Å²) in [7, 11) is 0. The first-order chi connectivity index (χ1) is 12.8. The first-order valence-corrected chi connectivity index (χ1v) is 10.1. The highest BCUT2D eigenvalue weighted by Crippen LogP contribution is 2.22. The van der Waals surface area contributed by atoms with Crippen LogP contribution < -0.4 is 0 Å². The van der Waals surface area contributed by atoms with Gasteiger partial charge in [0.25, 0.3) is 5.89 Å². The Morgan fingerprint density at radius 1 is 1.30 bits per heavy atom. The van der Waals surface area contributed by atoms with E-state index < -0.39 is 5.60 Å². The van der Waals surface area contributed by atoms with Gasteiger partial charge in [0.05, 0.1) is 6.61 Å². The Morgan fingerprint density at radius 2 is 2.00 bits per heavy atom. The minimum absolute atomic E-state index is 0.263. The normalized spacial score (nSPS) is 14.9. The molecule has 1 aliphatic heterocycles. The van der Waals surface area contributed by atoms with E-state index in [4.69, 9.17) is 14.0 Å². The predicted octanol–water partition coefficient (Wildman–Crippen LogP) is 3.84. The minimum Gasteiger partial charge on any atom is -0.444 e. The second kappa shape index (κ2) is 8.31. The molecule has 0 aliphatic carbocycles. The van der Waals surface area contributed by atoms with Gasteiger partial charge in [0.2, 0.25) is 5.82 Å². The standard InChI is InChI=1S/C19H25N3O4S/c1-19(2,3)25-18(23)22-9-13(10-22)11-24-12-16-20-17(21-26-16)14-5-7-15(27-4)8-6-14/h5-8,13H,9-12H2,1-4H3. The summed E-state index contributed by atoms with van der Waals surface area (Å²) in [5, 5.41) is 4.00. The number of nitrogens with zero attached hydrogens (tertiary/aromatic N) is 3. The molecular weight excluding hydrogens is 366 g/mol. The quantitative estimate of drug-likeness (QED) is 0.692. The van der Waals surface area contributed by atoms with E-state index in [9.17, 15) is 4.79 Å². The first kappa shape index (κ1) is 19.7. The summed E-state index contributed by atoms with van der Waals surface area (Å²) >= 11 is 1.69. The number of likely N-dealkylation sites (tertiary alicyclic amines) is 1. The summed E-state index contributed by atoms with van der Waals surface area (Å²) in [6.07, 6.45) is 1.76. The van der Waals surface area contributed by atoms with Crippen LogP contribution in [0.4, 0.5) is 4.79 Å². The lowest BCUT2D eigenvalue weighted by atomic mass is 10.0. The topological polar surface area (TPSA) is 77.7 Å². The number of aromatic nitrogens is 2. The summed E-state index contributed by atoms with van der Waals surface area (Å²) < 4.78 is 16.2. The number of hydrogen-bond donors (Lipinski definition) is 0. The summed E-state index contributed by atoms with van der Waals surface area (Å²) in [6, 6.07) is 8.00. The van der Waals surface area contributed by atoms with E-state index in [-0.39, 0.29) is 12.7 Å². The van der Waals surface area contributed by atoms with Crippen molar-refractivity contribution < 1.29 is 18.8 Å². The molecule has 0 radical (unpaired) electrons. The fourth-order valence-electron chi connectivity index (χ4n) is 2.63. The lowest BCUT2D eigenvalue weighted by molar-refractivity contribution is -0.0253. The van der Waals surface area contributed by atoms with Crippen LogP contribution in [0.2, 0.25) is 0 Å². The van der Waals surface area contributed by atoms with E-state index in [0.29, 0.717) is 37.3 Å². The molecule has 1 aliphatic rings. The van der Waals surface area contributed by atoms with Crippen molar-refractivity contribution in [2.45, 2.75) is 37.9 Å². The fraction of sp³-hybridized carbons (Fsp3) is 0.526. The van der Waals surface area contributed by atoms with Gasteiger partial charge in [-0.2, -0.15) is 4.98 Å². The van der Waals surface area contributed by atoms with E-state index in [1.165, 1.54) is 4.90 Å². The van der Waals surface area contributed by atoms with Crippen LogP contribution in [0, 0.1) is 5.92 Å². The molecule has 0 bridgehead atoms. The monoisotopic (exact) mass is 391 g/mol. The third kappa shape index (κ3) is 5.46. The molecule has 2 heterocycles. The van der Waals surface area contributed by atoms with Crippen LogP contribution in [-0.4, -0.2) is 52.7 Å². The van der Waals surface area contributed by atoms with E-state index in [0.717, 1.165) is 5.56 Å². The summed E-state index contributed by atoms with van der Waals surface area (Å²) in [4.78, 5) is 19.1. The van der Waals surface area contributed by atoms with E-state index in [2.05, 4.69) is 10.1 Å². The molecule has 0 atom stereocenters. The Balaban J connectivity index is 1.39. The van der Waals surface area contributed by atoms with E-state index >= 15 is 0 Å². The van der Waals surface area contributed by atoms with Crippen LogP contribution in [0.25, 0.3) is 11.4 Å². The molecule has 1 amide bonds. The number of carbonyl (C=O) groups excluding carboxylic acids is 1. The fourth-order valence-corrected chi connectivity index (χ4v) is 3.04. The molecule has 0 saturated carbocycles. The predicted molar refractivity (Wildman–Crippen MR) is 102 cm³/mol. The zero-order valence-electron chi connectivity index (χ0n) is 16.1. The number of amides is 1. The van der Waals surface area contributed by atoms with Gasteiger partial charge in [-0.05, 0) is 51.3 Å². The second-order valence-corrected chi connectivity index (χ2v) is 8.39. The molecule has 7 nitrogen and oxygen atoms in total. The highest BCUT2D eigenvalue weighted by molar-refractivity contribution is 7.98. The number of thioether (sulfide) groups is 1. The van der Waals surface area contributed by atoms with Crippen molar-refractivity contribution in [2.24, 2.45) is 5.92 Å². The molecule has 2 aromatic rings. The Labute approximate surface area is 163 Å². The van der Waals surface area contributed by atoms with Crippen molar-refractivity contribution in [2.75, 3.05) is 26.0 Å². The van der Waals surface area contributed by atoms with Crippen molar-refractivity contribution in [1.29, 1.82) is 0 Å². The zero-order valence-corrected chi connectivity index (χ0v) is 16.9. The molecule has 1 fully saturated rings. The summed E-state index contributed by atoms with van der Waals surface area (Å²) in [6.45, 7) is 7.68. The van der Waals surface area contributed by atoms with Crippen LogP contribution in [0.3, 0.4) is 0 Å². The molecular formula is C19H25N3O4S. The van der Waals surface area contributed by atoms with Gasteiger partial charge in [-0.25, -0.2) is 4.79 Å². The van der Waals surface area contributed by atoms with Crippen LogP contribution >= 0.6 is 11.8 Å². The Kier molecular flexibility index (Phi) is 6.06. The Morgan fingerprint density at radius 3 is 2.63 bits per heavy atom. The number of benzene rings is 1. The van der Waals surface area contributed by atoms with Crippen molar-refractivity contribution in [3.63, 3.8) is 0 Å². The number of ether oxygens (including phenoxy) is 2. The minimum atomic E-state index is -0.468. The molecule has 0 unspecified atom stereocenters. The highest BCUT2D eigenvalue weighted by Gasteiger charge is 2.33. The zero-order chi connectivity index (χ0) is 19.4. The third-order valence-electron chi connectivity index (χ3n) is 4.00. The van der Waals surface area contributed by atoms with Crippen molar-refractivity contribution in [3.05, 3.63) is 30.2 Å². The van der Waals surface area contributed by atoms with Crippen molar-refractivity contribution >= 4 is 17.9 Å². The van der Waals surface area contributed by atoms with Gasteiger partial charge < -0.3 is 18.9 Å². The molecule has 0 spiro atoms. The van der Waals surface area contributed by atoms with Gasteiger partial charge >= 0.3 is 6.09 Å². The number of hydrogen-bond acceptors (Lipinski definition) is 7. The van der Waals surface area contributed by atoms with Crippen LogP contribution in [-0.2, 0) is 16.1 Å². The third-order valence-corrected chi connectivity index (χ3v) is 4.75. The van der Waals surface area contributed by atoms with Gasteiger partial charge in [0.1, 0.15) is 12.2 Å². The molecule has 146 valence electrons. The molecule has 27 heavy (non-hydrogen) atoms. The average Bonchev–Trinajstić information content (AvgIpc) is 3.04. The molecule has 1 saturated heterocycles. The highest BCUT2D eigenvalue weighted by atomic mass is 32.2. The Hall–Kier alpha value is -2.06. The lowest BCUT2D eigenvalue weighted by Crippen LogP contribution is -2.53. The number of carbonyl (C=O) groups is 1. The van der Waals surface area contributed by atoms with Gasteiger partial charge in [-0.15, -0.1) is 11.8 Å². The maximum absolute atomic E-state index is 11.9. The van der Waals surface area contributed by atoms with E-state index in [1.807, 2.05) is 51.3 Å². The molecule has 8 heteroatoms. The van der Waals surface area contributed by atoms with Crippen molar-refractivity contribution in [3.8, 4) is 11.4 Å². The van der Waals surface area contributed by atoms with Crippen LogP contribution in [0.1, 0.15) is 26.7 Å². The first-order valence-electron chi connectivity index (χ1n) is 8.87. The lowest BCUT2D eigenvalue weighted by Gasteiger charge is -2.39. The van der Waals surface area contributed by atoms with E-state index in [1.54, 1.807) is 16.7 Å². The van der Waals surface area contributed by atoms with Crippen LogP contribution in [0.15, 0.2) is 33.7 Å². The second-order valence-electron chi connectivity index (χ2n) is 7.51. The maximum atomic E-state index is 11.9. The SMILES string of the molecule is CSc1ccc(-c2noc(COCC3CN(C(=O)OC(C)(C)C)C3)n2)cc1. The molecule has 0 N–H and O–H groups in total. The van der Waals surface area contributed by atoms with Gasteiger partial charge in [-0.3, -0.25) is 0 Å². The molecule has 3 rings (SSSR count). The van der Waals surface area contributed by atoms with Gasteiger partial charge in [0.15, 0.2) is 0 Å². The van der Waals surface area contributed by atoms with Gasteiger partial charge in [-0.1, -0.05) is 5.16 Å². The smallest absolute Gasteiger partial charge is 0.410 e. The van der Waals surface area contributed by atoms with Gasteiger partial charge in [0, 0.05) is 29.5 Å².